The molecular formula is C23H29ClN2O2. The van der Waals surface area contributed by atoms with Gasteiger partial charge in [-0.05, 0) is 43.5 Å². The molecule has 0 aromatic heterocycles. The first-order valence-electron chi connectivity index (χ1n) is 9.78. The van der Waals surface area contributed by atoms with Crippen LogP contribution in [0.15, 0.2) is 48.5 Å². The molecule has 0 radical (unpaired) electrons. The van der Waals surface area contributed by atoms with Gasteiger partial charge in [0, 0.05) is 18.1 Å². The number of rotatable bonds is 9. The molecule has 2 aromatic rings. The largest absolute Gasteiger partial charge is 0.354 e. The number of carbonyl (C=O) groups is 2. The van der Waals surface area contributed by atoms with E-state index in [4.69, 9.17) is 11.6 Å². The number of benzene rings is 2. The number of hydrogen-bond donors (Lipinski definition) is 1. The van der Waals surface area contributed by atoms with Gasteiger partial charge in [-0.2, -0.15) is 0 Å². The second kappa shape index (κ2) is 10.9. The molecule has 2 rings (SSSR count). The summed E-state index contributed by atoms with van der Waals surface area (Å²) in [4.78, 5) is 27.3. The van der Waals surface area contributed by atoms with Crippen LogP contribution in [-0.2, 0) is 22.6 Å². The van der Waals surface area contributed by atoms with Gasteiger partial charge in [-0.25, -0.2) is 0 Å². The maximum Gasteiger partial charge on any atom is 0.242 e. The molecule has 5 heteroatoms. The lowest BCUT2D eigenvalue weighted by molar-refractivity contribution is -0.140. The van der Waals surface area contributed by atoms with Crippen LogP contribution in [0.5, 0.6) is 0 Å². The Labute approximate surface area is 172 Å². The number of aryl methyl sites for hydroxylation is 1. The third-order valence-corrected chi connectivity index (χ3v) is 4.99. The van der Waals surface area contributed by atoms with E-state index in [0.717, 1.165) is 29.5 Å². The summed E-state index contributed by atoms with van der Waals surface area (Å²) in [7, 11) is 0. The van der Waals surface area contributed by atoms with E-state index in [1.165, 1.54) is 0 Å². The lowest BCUT2D eigenvalue weighted by Crippen LogP contribution is -2.48. The standard InChI is InChI=1S/C23H29ClN2O2/c1-4-5-14-25-23(28)18(3)26(16-20-8-6-17(2)7-9-20)22(27)15-19-10-12-21(24)13-11-19/h6-13,18H,4-5,14-16H2,1-3H3,(H,25,28)/t18-/m0/s1. The summed E-state index contributed by atoms with van der Waals surface area (Å²) in [6, 6.07) is 14.7. The van der Waals surface area contributed by atoms with Crippen molar-refractivity contribution >= 4 is 23.4 Å². The third kappa shape index (κ3) is 6.68. The summed E-state index contributed by atoms with van der Waals surface area (Å²) in [6.45, 7) is 6.92. The summed E-state index contributed by atoms with van der Waals surface area (Å²) < 4.78 is 0. The van der Waals surface area contributed by atoms with Crippen molar-refractivity contribution in [2.75, 3.05) is 6.54 Å². The minimum Gasteiger partial charge on any atom is -0.354 e. The number of halogens is 1. The molecule has 0 unspecified atom stereocenters. The molecule has 1 atom stereocenters. The average Bonchev–Trinajstić information content (AvgIpc) is 2.68. The first-order valence-corrected chi connectivity index (χ1v) is 10.2. The van der Waals surface area contributed by atoms with Gasteiger partial charge in [0.15, 0.2) is 0 Å². The fourth-order valence-electron chi connectivity index (χ4n) is 2.89. The van der Waals surface area contributed by atoms with Gasteiger partial charge in [0.2, 0.25) is 11.8 Å². The second-order valence-corrected chi connectivity index (χ2v) is 7.57. The molecular weight excluding hydrogens is 372 g/mol. The van der Waals surface area contributed by atoms with Crippen LogP contribution >= 0.6 is 11.6 Å². The molecule has 28 heavy (non-hydrogen) atoms. The van der Waals surface area contributed by atoms with Crippen LogP contribution in [0.25, 0.3) is 0 Å². The molecule has 0 bridgehead atoms. The number of carbonyl (C=O) groups excluding carboxylic acids is 2. The average molecular weight is 401 g/mol. The maximum absolute atomic E-state index is 13.1. The van der Waals surface area contributed by atoms with E-state index < -0.39 is 6.04 Å². The van der Waals surface area contributed by atoms with Crippen molar-refractivity contribution < 1.29 is 9.59 Å². The van der Waals surface area contributed by atoms with E-state index >= 15 is 0 Å². The highest BCUT2D eigenvalue weighted by Gasteiger charge is 2.26. The number of amides is 2. The van der Waals surface area contributed by atoms with Crippen LogP contribution in [0.3, 0.4) is 0 Å². The smallest absolute Gasteiger partial charge is 0.242 e. The van der Waals surface area contributed by atoms with E-state index in [9.17, 15) is 9.59 Å². The van der Waals surface area contributed by atoms with Gasteiger partial charge in [0.25, 0.3) is 0 Å². The minimum atomic E-state index is -0.544. The molecule has 0 saturated heterocycles. The lowest BCUT2D eigenvalue weighted by atomic mass is 10.1. The van der Waals surface area contributed by atoms with Gasteiger partial charge in [-0.15, -0.1) is 0 Å². The molecule has 0 aliphatic heterocycles. The molecule has 0 aliphatic rings. The first-order chi connectivity index (χ1) is 13.4. The van der Waals surface area contributed by atoms with Crippen molar-refractivity contribution in [3.8, 4) is 0 Å². The van der Waals surface area contributed by atoms with Crippen molar-refractivity contribution in [1.29, 1.82) is 0 Å². The maximum atomic E-state index is 13.1. The monoisotopic (exact) mass is 400 g/mol. The Kier molecular flexibility index (Phi) is 8.52. The van der Waals surface area contributed by atoms with Crippen LogP contribution in [0.4, 0.5) is 0 Å². The van der Waals surface area contributed by atoms with Crippen LogP contribution in [-0.4, -0.2) is 29.3 Å². The minimum absolute atomic E-state index is 0.0824. The Balaban J connectivity index is 2.15. The van der Waals surface area contributed by atoms with Crippen LogP contribution < -0.4 is 5.32 Å². The van der Waals surface area contributed by atoms with Crippen molar-refractivity contribution in [1.82, 2.24) is 10.2 Å². The molecule has 150 valence electrons. The van der Waals surface area contributed by atoms with E-state index in [1.54, 1.807) is 24.0 Å². The number of nitrogens with zero attached hydrogens (tertiary/aromatic N) is 1. The molecule has 0 aliphatic carbocycles. The number of hydrogen-bond acceptors (Lipinski definition) is 2. The Morgan fingerprint density at radius 1 is 1.04 bits per heavy atom. The van der Waals surface area contributed by atoms with Crippen LogP contribution in [0, 0.1) is 6.92 Å². The normalized spacial score (nSPS) is 11.7. The first kappa shape index (κ1) is 22.0. The van der Waals surface area contributed by atoms with Gasteiger partial charge in [0.05, 0.1) is 6.42 Å². The van der Waals surface area contributed by atoms with Gasteiger partial charge in [0.1, 0.15) is 6.04 Å². The van der Waals surface area contributed by atoms with Gasteiger partial charge in [-0.1, -0.05) is 66.9 Å². The summed E-state index contributed by atoms with van der Waals surface area (Å²) in [5.41, 5.74) is 3.04. The zero-order valence-electron chi connectivity index (χ0n) is 16.9. The Bertz CT molecular complexity index is 772. The molecule has 2 aromatic carbocycles. The lowest BCUT2D eigenvalue weighted by Gasteiger charge is -2.29. The second-order valence-electron chi connectivity index (χ2n) is 7.13. The molecule has 0 saturated carbocycles. The summed E-state index contributed by atoms with van der Waals surface area (Å²) in [6.07, 6.45) is 2.17. The summed E-state index contributed by atoms with van der Waals surface area (Å²) >= 11 is 5.93. The quantitative estimate of drug-likeness (QED) is 0.629. The zero-order valence-corrected chi connectivity index (χ0v) is 17.6. The molecule has 1 N–H and O–H groups in total. The van der Waals surface area contributed by atoms with Crippen LogP contribution in [0.1, 0.15) is 43.4 Å². The number of unbranched alkanes of at least 4 members (excludes halogenated alkanes) is 1. The van der Waals surface area contributed by atoms with Crippen molar-refractivity contribution in [3.63, 3.8) is 0 Å². The topological polar surface area (TPSA) is 49.4 Å². The number of nitrogens with one attached hydrogen (secondary N) is 1. The van der Waals surface area contributed by atoms with Crippen molar-refractivity contribution in [3.05, 3.63) is 70.2 Å². The summed E-state index contributed by atoms with van der Waals surface area (Å²) in [5, 5.41) is 3.57. The van der Waals surface area contributed by atoms with E-state index in [1.807, 2.05) is 43.3 Å². The van der Waals surface area contributed by atoms with Crippen molar-refractivity contribution in [2.45, 2.75) is 52.6 Å². The Morgan fingerprint density at radius 3 is 2.25 bits per heavy atom. The molecule has 0 heterocycles. The molecule has 2 amide bonds. The predicted molar refractivity (Wildman–Crippen MR) is 114 cm³/mol. The predicted octanol–water partition coefficient (Wildman–Crippen LogP) is 4.52. The van der Waals surface area contributed by atoms with Crippen LogP contribution in [0.2, 0.25) is 5.02 Å². The molecule has 4 nitrogen and oxygen atoms in total. The molecule has 0 spiro atoms. The highest BCUT2D eigenvalue weighted by molar-refractivity contribution is 6.30. The van der Waals surface area contributed by atoms with Crippen molar-refractivity contribution in [2.24, 2.45) is 0 Å². The summed E-state index contributed by atoms with van der Waals surface area (Å²) in [5.74, 6) is -0.203. The van der Waals surface area contributed by atoms with E-state index in [2.05, 4.69) is 12.2 Å². The van der Waals surface area contributed by atoms with Gasteiger partial charge < -0.3 is 10.2 Å². The van der Waals surface area contributed by atoms with E-state index in [0.29, 0.717) is 18.1 Å². The SMILES string of the molecule is CCCCNC(=O)[C@H](C)N(Cc1ccc(C)cc1)C(=O)Cc1ccc(Cl)cc1. The third-order valence-electron chi connectivity index (χ3n) is 4.74. The van der Waals surface area contributed by atoms with E-state index in [-0.39, 0.29) is 18.2 Å². The Morgan fingerprint density at radius 2 is 1.64 bits per heavy atom. The zero-order chi connectivity index (χ0) is 20.5. The fraction of sp³-hybridized carbons (Fsp3) is 0.391. The Hall–Kier alpha value is -2.33. The van der Waals surface area contributed by atoms with Gasteiger partial charge in [-0.3, -0.25) is 9.59 Å². The molecule has 0 fully saturated rings. The highest BCUT2D eigenvalue weighted by atomic mass is 35.5. The highest BCUT2D eigenvalue weighted by Crippen LogP contribution is 2.15. The fourth-order valence-corrected chi connectivity index (χ4v) is 3.01. The van der Waals surface area contributed by atoms with Gasteiger partial charge >= 0.3 is 0 Å².